The number of furan rings is 1. The summed E-state index contributed by atoms with van der Waals surface area (Å²) in [6.45, 7) is 0.583. The smallest absolute Gasteiger partial charge is 0.234 e. The third kappa shape index (κ3) is 4.02. The van der Waals surface area contributed by atoms with Crippen LogP contribution in [-0.2, 0) is 11.3 Å². The van der Waals surface area contributed by atoms with Crippen molar-refractivity contribution in [1.82, 2.24) is 14.8 Å². The highest BCUT2D eigenvalue weighted by Crippen LogP contribution is 2.40. The van der Waals surface area contributed by atoms with Crippen LogP contribution in [0.5, 0.6) is 0 Å². The van der Waals surface area contributed by atoms with Crippen LogP contribution in [0.2, 0.25) is 0 Å². The van der Waals surface area contributed by atoms with Crippen LogP contribution >= 0.6 is 27.7 Å². The lowest BCUT2D eigenvalue weighted by atomic mass is 10.3. The number of hydrogen-bond acceptors (Lipinski definition) is 5. The van der Waals surface area contributed by atoms with Gasteiger partial charge >= 0.3 is 0 Å². The van der Waals surface area contributed by atoms with Gasteiger partial charge in [-0.1, -0.05) is 23.9 Å². The van der Waals surface area contributed by atoms with Gasteiger partial charge in [0.1, 0.15) is 11.6 Å². The van der Waals surface area contributed by atoms with Crippen LogP contribution in [0.4, 0.5) is 5.69 Å². The number of rotatable bonds is 7. The van der Waals surface area contributed by atoms with E-state index >= 15 is 0 Å². The van der Waals surface area contributed by atoms with Crippen molar-refractivity contribution >= 4 is 39.3 Å². The quantitative estimate of drug-likeness (QED) is 0.563. The molecule has 0 unspecified atom stereocenters. The zero-order valence-corrected chi connectivity index (χ0v) is 16.3. The Morgan fingerprint density at radius 2 is 2.12 bits per heavy atom. The molecule has 4 rings (SSSR count). The highest BCUT2D eigenvalue weighted by molar-refractivity contribution is 9.10. The summed E-state index contributed by atoms with van der Waals surface area (Å²) in [5.41, 5.74) is 0.758. The molecule has 1 aliphatic carbocycles. The SMILES string of the molecule is O=C(CSc1nnc(C2CC2)n1Cc1ccco1)Nc1ccccc1Br. The average molecular weight is 433 g/mol. The van der Waals surface area contributed by atoms with Crippen LogP contribution in [0, 0.1) is 0 Å². The number of benzene rings is 1. The Hall–Kier alpha value is -2.06. The second-order valence-corrected chi connectivity index (χ2v) is 7.89. The van der Waals surface area contributed by atoms with Crippen LogP contribution in [0.1, 0.15) is 30.3 Å². The largest absolute Gasteiger partial charge is 0.467 e. The fourth-order valence-corrected chi connectivity index (χ4v) is 3.77. The second kappa shape index (κ2) is 7.67. The van der Waals surface area contributed by atoms with Gasteiger partial charge in [0.2, 0.25) is 5.91 Å². The number of aromatic nitrogens is 3. The van der Waals surface area contributed by atoms with Gasteiger partial charge in [-0.05, 0) is 53.0 Å². The Morgan fingerprint density at radius 1 is 1.27 bits per heavy atom. The van der Waals surface area contributed by atoms with Crippen molar-refractivity contribution < 1.29 is 9.21 Å². The molecular weight excluding hydrogens is 416 g/mol. The van der Waals surface area contributed by atoms with Gasteiger partial charge in [-0.2, -0.15) is 0 Å². The van der Waals surface area contributed by atoms with Gasteiger partial charge in [0, 0.05) is 10.4 Å². The Labute approximate surface area is 163 Å². The first-order chi connectivity index (χ1) is 12.7. The number of anilines is 1. The van der Waals surface area contributed by atoms with Crippen molar-refractivity contribution in [3.05, 3.63) is 58.7 Å². The Bertz CT molecular complexity index is 906. The summed E-state index contributed by atoms with van der Waals surface area (Å²) >= 11 is 4.82. The molecule has 1 N–H and O–H groups in total. The number of amides is 1. The van der Waals surface area contributed by atoms with E-state index in [1.165, 1.54) is 11.8 Å². The van der Waals surface area contributed by atoms with E-state index in [1.807, 2.05) is 36.4 Å². The minimum absolute atomic E-state index is 0.0811. The van der Waals surface area contributed by atoms with Crippen LogP contribution in [-0.4, -0.2) is 26.4 Å². The van der Waals surface area contributed by atoms with Crippen molar-refractivity contribution in [2.45, 2.75) is 30.5 Å². The van der Waals surface area contributed by atoms with E-state index in [2.05, 4.69) is 36.0 Å². The number of carbonyl (C=O) groups excluding carboxylic acids is 1. The number of hydrogen-bond donors (Lipinski definition) is 1. The molecule has 2 aromatic heterocycles. The minimum Gasteiger partial charge on any atom is -0.467 e. The van der Waals surface area contributed by atoms with Gasteiger partial charge in [0.15, 0.2) is 5.16 Å². The van der Waals surface area contributed by atoms with Crippen molar-refractivity contribution in [2.75, 3.05) is 11.1 Å². The zero-order valence-electron chi connectivity index (χ0n) is 13.9. The summed E-state index contributed by atoms with van der Waals surface area (Å²) in [7, 11) is 0. The molecule has 1 saturated carbocycles. The van der Waals surface area contributed by atoms with Gasteiger partial charge in [0.05, 0.1) is 24.2 Å². The highest BCUT2D eigenvalue weighted by atomic mass is 79.9. The van der Waals surface area contributed by atoms with Gasteiger partial charge in [-0.25, -0.2) is 0 Å². The maximum atomic E-state index is 12.3. The molecule has 26 heavy (non-hydrogen) atoms. The van der Waals surface area contributed by atoms with Crippen LogP contribution in [0.3, 0.4) is 0 Å². The van der Waals surface area contributed by atoms with E-state index in [0.29, 0.717) is 12.5 Å². The fourth-order valence-electron chi connectivity index (χ4n) is 2.64. The molecule has 1 amide bonds. The van der Waals surface area contributed by atoms with Gasteiger partial charge in [-0.15, -0.1) is 10.2 Å². The number of nitrogens with one attached hydrogen (secondary N) is 1. The first-order valence-corrected chi connectivity index (χ1v) is 10.1. The van der Waals surface area contributed by atoms with E-state index in [-0.39, 0.29) is 11.7 Å². The lowest BCUT2D eigenvalue weighted by Gasteiger charge is -2.09. The molecule has 1 aromatic carbocycles. The first-order valence-electron chi connectivity index (χ1n) is 8.33. The lowest BCUT2D eigenvalue weighted by Crippen LogP contribution is -2.15. The van der Waals surface area contributed by atoms with Crippen molar-refractivity contribution in [3.8, 4) is 0 Å². The maximum Gasteiger partial charge on any atom is 0.234 e. The van der Waals surface area contributed by atoms with Crippen LogP contribution < -0.4 is 5.32 Å². The predicted octanol–water partition coefficient (Wildman–Crippen LogP) is 4.29. The average Bonchev–Trinajstić information content (AvgIpc) is 3.20. The molecule has 0 saturated heterocycles. The minimum atomic E-state index is -0.0811. The number of carbonyl (C=O) groups is 1. The van der Waals surface area contributed by atoms with E-state index in [0.717, 1.165) is 39.7 Å². The molecular formula is C18H17BrN4O2S. The molecule has 0 atom stereocenters. The maximum absolute atomic E-state index is 12.3. The molecule has 3 aromatic rings. The number of halogens is 1. The summed E-state index contributed by atoms with van der Waals surface area (Å²) in [5, 5.41) is 12.3. The molecule has 1 fully saturated rings. The lowest BCUT2D eigenvalue weighted by molar-refractivity contribution is -0.113. The van der Waals surface area contributed by atoms with E-state index in [4.69, 9.17) is 4.42 Å². The summed E-state index contributed by atoms with van der Waals surface area (Å²) < 4.78 is 8.38. The second-order valence-electron chi connectivity index (χ2n) is 6.10. The molecule has 0 radical (unpaired) electrons. The Balaban J connectivity index is 1.44. The standard InChI is InChI=1S/C18H17BrN4O2S/c19-14-5-1-2-6-15(14)20-16(24)11-26-18-22-21-17(12-7-8-12)23(18)10-13-4-3-9-25-13/h1-6,9,12H,7-8,10-11H2,(H,20,24). The molecule has 0 aliphatic heterocycles. The molecule has 134 valence electrons. The number of nitrogens with zero attached hydrogens (tertiary/aromatic N) is 3. The van der Waals surface area contributed by atoms with Gasteiger partial charge < -0.3 is 9.73 Å². The summed E-state index contributed by atoms with van der Waals surface area (Å²) in [6.07, 6.45) is 3.95. The van der Waals surface area contributed by atoms with E-state index in [1.54, 1.807) is 6.26 Å². The summed E-state index contributed by atoms with van der Waals surface area (Å²) in [6, 6.07) is 11.3. The number of thioether (sulfide) groups is 1. The van der Waals surface area contributed by atoms with Crippen LogP contribution in [0.25, 0.3) is 0 Å². The fraction of sp³-hybridized carbons (Fsp3) is 0.278. The Morgan fingerprint density at radius 3 is 2.85 bits per heavy atom. The third-order valence-electron chi connectivity index (χ3n) is 4.06. The monoisotopic (exact) mass is 432 g/mol. The van der Waals surface area contributed by atoms with Gasteiger partial charge in [-0.3, -0.25) is 9.36 Å². The molecule has 2 heterocycles. The molecule has 0 bridgehead atoms. The van der Waals surface area contributed by atoms with Crippen molar-refractivity contribution in [1.29, 1.82) is 0 Å². The molecule has 6 nitrogen and oxygen atoms in total. The van der Waals surface area contributed by atoms with Gasteiger partial charge in [0.25, 0.3) is 0 Å². The number of para-hydroxylation sites is 1. The normalized spacial score (nSPS) is 13.7. The highest BCUT2D eigenvalue weighted by Gasteiger charge is 2.30. The first kappa shape index (κ1) is 17.4. The third-order valence-corrected chi connectivity index (χ3v) is 5.72. The zero-order chi connectivity index (χ0) is 17.9. The van der Waals surface area contributed by atoms with Crippen LogP contribution in [0.15, 0.2) is 56.7 Å². The topological polar surface area (TPSA) is 73.0 Å². The molecule has 0 spiro atoms. The van der Waals surface area contributed by atoms with E-state index < -0.39 is 0 Å². The Kier molecular flexibility index (Phi) is 5.12. The molecule has 8 heteroatoms. The van der Waals surface area contributed by atoms with E-state index in [9.17, 15) is 4.79 Å². The summed E-state index contributed by atoms with van der Waals surface area (Å²) in [4.78, 5) is 12.3. The summed E-state index contributed by atoms with van der Waals surface area (Å²) in [5.74, 6) is 2.49. The van der Waals surface area contributed by atoms with Crippen molar-refractivity contribution in [2.24, 2.45) is 0 Å². The van der Waals surface area contributed by atoms with Crippen molar-refractivity contribution in [3.63, 3.8) is 0 Å². The molecule has 1 aliphatic rings. The predicted molar refractivity (Wildman–Crippen MR) is 103 cm³/mol.